The van der Waals surface area contributed by atoms with Crippen molar-refractivity contribution in [3.63, 3.8) is 0 Å². The highest BCUT2D eigenvalue weighted by Gasteiger charge is 2.39. The number of carboxylic acid groups (broad SMARTS) is 1. The van der Waals surface area contributed by atoms with Crippen LogP contribution in [0.25, 0.3) is 0 Å². The Morgan fingerprint density at radius 2 is 1.38 bits per heavy atom. The van der Waals surface area contributed by atoms with Crippen molar-refractivity contribution in [1.82, 2.24) is 4.90 Å². The molecule has 1 aliphatic heterocycles. The Morgan fingerprint density at radius 3 is 1.84 bits per heavy atom. The first-order valence-electron chi connectivity index (χ1n) is 11.4. The Balaban J connectivity index is 2.01. The molecule has 0 spiro atoms. The number of rotatable bonds is 7. The van der Waals surface area contributed by atoms with Gasteiger partial charge in [-0.2, -0.15) is 39.5 Å². The minimum absolute atomic E-state index is 0.118. The number of nitrogens with zero attached hydrogens (tertiary/aromatic N) is 1. The number of carboxylic acids is 1. The molecule has 3 nitrogen and oxygen atoms in total. The number of hydrogen-bond acceptors (Lipinski definition) is 2. The molecule has 204 valence electrons. The van der Waals surface area contributed by atoms with E-state index in [4.69, 9.17) is 0 Å². The molecule has 37 heavy (non-hydrogen) atoms. The second-order valence-corrected chi connectivity index (χ2v) is 9.15. The second-order valence-electron chi connectivity index (χ2n) is 9.15. The van der Waals surface area contributed by atoms with Crippen LogP contribution in [-0.4, -0.2) is 28.7 Å². The Morgan fingerprint density at radius 1 is 0.865 bits per heavy atom. The average Bonchev–Trinajstić information content (AvgIpc) is 2.78. The van der Waals surface area contributed by atoms with Crippen LogP contribution in [0.5, 0.6) is 0 Å². The van der Waals surface area contributed by atoms with E-state index in [1.54, 1.807) is 4.90 Å². The zero-order valence-corrected chi connectivity index (χ0v) is 19.3. The number of piperidine rings is 1. The highest BCUT2D eigenvalue weighted by molar-refractivity contribution is 5.67. The fourth-order valence-corrected chi connectivity index (χ4v) is 4.80. The molecule has 3 atom stereocenters. The molecule has 1 fully saturated rings. The Kier molecular flexibility index (Phi) is 8.50. The summed E-state index contributed by atoms with van der Waals surface area (Å²) in [6.07, 6.45) is -15.3. The summed E-state index contributed by atoms with van der Waals surface area (Å²) < 4.78 is 118. The maximum atomic E-state index is 13.2. The van der Waals surface area contributed by atoms with Crippen molar-refractivity contribution >= 4 is 5.97 Å². The van der Waals surface area contributed by atoms with Crippen LogP contribution in [0.1, 0.15) is 66.4 Å². The van der Waals surface area contributed by atoms with E-state index in [-0.39, 0.29) is 30.9 Å². The van der Waals surface area contributed by atoms with Gasteiger partial charge >= 0.3 is 24.5 Å². The van der Waals surface area contributed by atoms with E-state index in [0.717, 1.165) is 36.4 Å². The van der Waals surface area contributed by atoms with E-state index < -0.39 is 60.6 Å². The first kappa shape index (κ1) is 28.8. The third kappa shape index (κ3) is 7.86. The van der Waals surface area contributed by atoms with Gasteiger partial charge in [0.2, 0.25) is 0 Å². The average molecular weight is 541 g/mol. The summed E-state index contributed by atoms with van der Waals surface area (Å²) in [5.41, 5.74) is -1.33. The molecule has 2 aromatic carbocycles. The maximum absolute atomic E-state index is 13.2. The lowest BCUT2D eigenvalue weighted by Gasteiger charge is -2.44. The number of alkyl halides is 9. The van der Waals surface area contributed by atoms with Crippen molar-refractivity contribution < 1.29 is 49.4 Å². The van der Waals surface area contributed by atoms with Gasteiger partial charge in [0.1, 0.15) is 0 Å². The summed E-state index contributed by atoms with van der Waals surface area (Å²) in [4.78, 5) is 12.9. The largest absolute Gasteiger partial charge is 0.481 e. The molecule has 1 heterocycles. The van der Waals surface area contributed by atoms with Gasteiger partial charge in [-0.05, 0) is 67.1 Å². The van der Waals surface area contributed by atoms with Crippen molar-refractivity contribution in [2.45, 2.75) is 62.7 Å². The summed E-state index contributed by atoms with van der Waals surface area (Å²) in [6, 6.07) is 6.14. The monoisotopic (exact) mass is 541 g/mol. The maximum Gasteiger partial charge on any atom is 0.416 e. The molecule has 0 saturated carbocycles. The normalized spacial score (nSPS) is 20.6. The number of hydrogen-bond donors (Lipinski definition) is 1. The van der Waals surface area contributed by atoms with Crippen molar-refractivity contribution in [1.29, 1.82) is 0 Å². The number of carbonyl (C=O) groups is 1. The van der Waals surface area contributed by atoms with Gasteiger partial charge in [0.05, 0.1) is 11.1 Å². The predicted molar refractivity (Wildman–Crippen MR) is 115 cm³/mol. The Labute approximate surface area is 206 Å². The van der Waals surface area contributed by atoms with E-state index >= 15 is 0 Å². The van der Waals surface area contributed by atoms with Crippen LogP contribution in [0.3, 0.4) is 0 Å². The van der Waals surface area contributed by atoms with Crippen LogP contribution >= 0.6 is 0 Å². The summed E-state index contributed by atoms with van der Waals surface area (Å²) in [6.45, 7) is 0.118. The zero-order chi connectivity index (χ0) is 27.6. The molecule has 0 unspecified atom stereocenters. The molecule has 1 N–H and O–H groups in total. The third-order valence-corrected chi connectivity index (χ3v) is 6.56. The van der Waals surface area contributed by atoms with Gasteiger partial charge in [0.25, 0.3) is 0 Å². The van der Waals surface area contributed by atoms with E-state index in [9.17, 15) is 49.4 Å². The standard InChI is InChI=1S/C25H24F9NO2/c26-23(27,28)11-9-20(16-1-5-18(6-2-16)24(29,30)31)35-12-10-15(14-22(36)37)13-21(35)17-3-7-19(8-4-17)25(32,33)34/h1-8,15,20-21H,9-14H2,(H,36,37)/t15-,20-,21+/m1/s1. The fraction of sp³-hybridized carbons (Fsp3) is 0.480. The summed E-state index contributed by atoms with van der Waals surface area (Å²) in [5.74, 6) is -1.46. The van der Waals surface area contributed by atoms with Crippen LogP contribution in [-0.2, 0) is 17.1 Å². The Bertz CT molecular complexity index is 1040. The van der Waals surface area contributed by atoms with Gasteiger partial charge in [-0.3, -0.25) is 9.69 Å². The minimum atomic E-state index is -4.64. The highest BCUT2D eigenvalue weighted by atomic mass is 19.4. The molecule has 0 aromatic heterocycles. The molecule has 0 radical (unpaired) electrons. The molecular formula is C25H24F9NO2. The van der Waals surface area contributed by atoms with Crippen molar-refractivity contribution in [3.05, 3.63) is 70.8 Å². The van der Waals surface area contributed by atoms with Crippen LogP contribution in [0.15, 0.2) is 48.5 Å². The lowest BCUT2D eigenvalue weighted by atomic mass is 9.82. The van der Waals surface area contributed by atoms with Crippen molar-refractivity contribution in [3.8, 4) is 0 Å². The molecule has 3 rings (SSSR count). The van der Waals surface area contributed by atoms with Crippen LogP contribution in [0.4, 0.5) is 39.5 Å². The quantitative estimate of drug-likeness (QED) is 0.361. The van der Waals surface area contributed by atoms with Gasteiger partial charge in [0, 0.05) is 24.9 Å². The summed E-state index contributed by atoms with van der Waals surface area (Å²) in [7, 11) is 0. The van der Waals surface area contributed by atoms with Crippen LogP contribution in [0.2, 0.25) is 0 Å². The molecule has 1 saturated heterocycles. The Hall–Kier alpha value is -2.76. The van der Waals surface area contributed by atoms with E-state index in [0.29, 0.717) is 12.0 Å². The number of likely N-dealkylation sites (tertiary alicyclic amines) is 1. The minimum Gasteiger partial charge on any atom is -0.481 e. The van der Waals surface area contributed by atoms with E-state index in [2.05, 4.69) is 0 Å². The summed E-state index contributed by atoms with van der Waals surface area (Å²) >= 11 is 0. The molecule has 0 aliphatic carbocycles. The topological polar surface area (TPSA) is 40.5 Å². The number of benzene rings is 2. The molecule has 0 amide bonds. The van der Waals surface area contributed by atoms with Gasteiger partial charge in [-0.25, -0.2) is 0 Å². The molecule has 12 heteroatoms. The first-order valence-corrected chi connectivity index (χ1v) is 11.4. The van der Waals surface area contributed by atoms with Gasteiger partial charge in [-0.15, -0.1) is 0 Å². The molecule has 2 aromatic rings. The van der Waals surface area contributed by atoms with Crippen LogP contribution in [0, 0.1) is 5.92 Å². The lowest BCUT2D eigenvalue weighted by molar-refractivity contribution is -0.141. The predicted octanol–water partition coefficient (Wildman–Crippen LogP) is 8.04. The van der Waals surface area contributed by atoms with Crippen molar-refractivity contribution in [2.75, 3.05) is 6.54 Å². The van der Waals surface area contributed by atoms with E-state index in [1.807, 2.05) is 0 Å². The number of halogens is 9. The fourth-order valence-electron chi connectivity index (χ4n) is 4.80. The van der Waals surface area contributed by atoms with Gasteiger partial charge < -0.3 is 5.11 Å². The first-order chi connectivity index (χ1) is 17.0. The molecular weight excluding hydrogens is 517 g/mol. The summed E-state index contributed by atoms with van der Waals surface area (Å²) in [5, 5.41) is 9.21. The lowest BCUT2D eigenvalue weighted by Crippen LogP contribution is -2.40. The highest BCUT2D eigenvalue weighted by Crippen LogP contribution is 2.44. The second kappa shape index (κ2) is 10.9. The smallest absolute Gasteiger partial charge is 0.416 e. The van der Waals surface area contributed by atoms with Gasteiger partial charge in [-0.1, -0.05) is 24.3 Å². The van der Waals surface area contributed by atoms with E-state index in [1.165, 1.54) is 12.1 Å². The van der Waals surface area contributed by atoms with Crippen molar-refractivity contribution in [2.24, 2.45) is 5.92 Å². The van der Waals surface area contributed by atoms with Crippen LogP contribution < -0.4 is 0 Å². The SMILES string of the molecule is O=C(O)C[C@@H]1CCN([C@H](CCC(F)(F)F)c2ccc(C(F)(F)F)cc2)[C@H](c2ccc(C(F)(F)F)cc2)C1. The third-order valence-electron chi connectivity index (χ3n) is 6.56. The van der Waals surface area contributed by atoms with Gasteiger partial charge in [0.15, 0.2) is 0 Å². The molecule has 1 aliphatic rings. The number of aliphatic carboxylic acids is 1. The molecule has 0 bridgehead atoms. The zero-order valence-electron chi connectivity index (χ0n) is 19.3.